The highest BCUT2D eigenvalue weighted by atomic mass is 79.9. The van der Waals surface area contributed by atoms with E-state index >= 15 is 0 Å². The zero-order chi connectivity index (χ0) is 12.7. The predicted octanol–water partition coefficient (Wildman–Crippen LogP) is 4.96. The molecule has 0 N–H and O–H groups in total. The van der Waals surface area contributed by atoms with Crippen molar-refractivity contribution in [2.45, 2.75) is 4.83 Å². The first kappa shape index (κ1) is 11.6. The first-order valence-electron chi connectivity index (χ1n) is 5.56. The molecule has 0 fully saturated rings. The van der Waals surface area contributed by atoms with Crippen molar-refractivity contribution in [3.63, 3.8) is 0 Å². The van der Waals surface area contributed by atoms with Crippen LogP contribution in [0.1, 0.15) is 21.5 Å². The van der Waals surface area contributed by atoms with Crippen molar-refractivity contribution < 1.29 is 8.78 Å². The lowest BCUT2D eigenvalue weighted by Crippen LogP contribution is -1.92. The Morgan fingerprint density at radius 3 is 2.28 bits per heavy atom. The molecule has 0 radical (unpaired) electrons. The highest BCUT2D eigenvalue weighted by Crippen LogP contribution is 2.45. The Hall–Kier alpha value is -1.48. The van der Waals surface area contributed by atoms with Crippen LogP contribution in [0, 0.1) is 11.6 Å². The summed E-state index contributed by atoms with van der Waals surface area (Å²) in [5, 5.41) is 0. The van der Waals surface area contributed by atoms with Gasteiger partial charge < -0.3 is 0 Å². The predicted molar refractivity (Wildman–Crippen MR) is 72.3 cm³/mol. The minimum atomic E-state index is -0.554. The van der Waals surface area contributed by atoms with E-state index in [9.17, 15) is 8.78 Å². The number of rotatable bonds is 1. The molecule has 90 valence electrons. The molecule has 1 unspecified atom stereocenters. The molecular formula is C15H9BrF2. The molecule has 2 aromatic rings. The van der Waals surface area contributed by atoms with Gasteiger partial charge in [0.05, 0.1) is 4.83 Å². The van der Waals surface area contributed by atoms with E-state index in [4.69, 9.17) is 0 Å². The molecular weight excluding hydrogens is 298 g/mol. The van der Waals surface area contributed by atoms with E-state index in [0.717, 1.165) is 22.8 Å². The molecule has 3 rings (SSSR count). The minimum absolute atomic E-state index is 0.0186. The van der Waals surface area contributed by atoms with Crippen molar-refractivity contribution in [2.75, 3.05) is 0 Å². The van der Waals surface area contributed by atoms with Gasteiger partial charge in [0.25, 0.3) is 0 Å². The Morgan fingerprint density at radius 2 is 1.61 bits per heavy atom. The number of fused-ring (bicyclic) bond motifs is 1. The SMILES string of the molecule is Fc1cc(F)cc(C2=Cc3ccccc3C2Br)c1. The van der Waals surface area contributed by atoms with E-state index < -0.39 is 11.6 Å². The number of hydrogen-bond acceptors (Lipinski definition) is 0. The Morgan fingerprint density at radius 1 is 0.944 bits per heavy atom. The third-order valence-electron chi connectivity index (χ3n) is 3.05. The molecule has 0 saturated heterocycles. The van der Waals surface area contributed by atoms with Crippen molar-refractivity contribution in [2.24, 2.45) is 0 Å². The van der Waals surface area contributed by atoms with Gasteiger partial charge >= 0.3 is 0 Å². The van der Waals surface area contributed by atoms with E-state index in [-0.39, 0.29) is 4.83 Å². The fourth-order valence-corrected chi connectivity index (χ4v) is 3.04. The Labute approximate surface area is 112 Å². The van der Waals surface area contributed by atoms with Gasteiger partial charge in [-0.3, -0.25) is 0 Å². The number of alkyl halides is 1. The summed E-state index contributed by atoms with van der Waals surface area (Å²) in [5.74, 6) is -1.11. The zero-order valence-corrected chi connectivity index (χ0v) is 10.9. The molecule has 0 bridgehead atoms. The quantitative estimate of drug-likeness (QED) is 0.654. The van der Waals surface area contributed by atoms with Gasteiger partial charge in [-0.25, -0.2) is 8.78 Å². The van der Waals surface area contributed by atoms with E-state index in [2.05, 4.69) is 15.9 Å². The Kier molecular flexibility index (Phi) is 2.78. The fourth-order valence-electron chi connectivity index (χ4n) is 2.23. The van der Waals surface area contributed by atoms with Crippen LogP contribution in [-0.4, -0.2) is 0 Å². The summed E-state index contributed by atoms with van der Waals surface area (Å²) >= 11 is 3.58. The van der Waals surface area contributed by atoms with Crippen LogP contribution >= 0.6 is 15.9 Å². The van der Waals surface area contributed by atoms with Gasteiger partial charge in [-0.15, -0.1) is 0 Å². The van der Waals surface area contributed by atoms with Crippen molar-refractivity contribution in [3.05, 3.63) is 70.8 Å². The highest BCUT2D eigenvalue weighted by Gasteiger charge is 2.23. The van der Waals surface area contributed by atoms with Crippen LogP contribution in [0.5, 0.6) is 0 Å². The van der Waals surface area contributed by atoms with Gasteiger partial charge in [-0.05, 0) is 40.5 Å². The van der Waals surface area contributed by atoms with Crippen molar-refractivity contribution in [1.82, 2.24) is 0 Å². The van der Waals surface area contributed by atoms with Crippen LogP contribution in [0.25, 0.3) is 11.6 Å². The second kappa shape index (κ2) is 4.32. The summed E-state index contributed by atoms with van der Waals surface area (Å²) < 4.78 is 26.5. The van der Waals surface area contributed by atoms with E-state index in [1.165, 1.54) is 12.1 Å². The smallest absolute Gasteiger partial charge is 0.126 e. The standard InChI is InChI=1S/C15H9BrF2/c16-15-13-4-2-1-3-9(13)7-14(15)10-5-11(17)8-12(18)6-10/h1-8,15H. The summed E-state index contributed by atoms with van der Waals surface area (Å²) in [7, 11) is 0. The van der Waals surface area contributed by atoms with Gasteiger partial charge in [0, 0.05) is 6.07 Å². The zero-order valence-electron chi connectivity index (χ0n) is 9.33. The molecule has 2 aromatic carbocycles. The monoisotopic (exact) mass is 306 g/mol. The molecule has 1 atom stereocenters. The van der Waals surface area contributed by atoms with Crippen molar-refractivity contribution >= 4 is 27.6 Å². The van der Waals surface area contributed by atoms with Crippen LogP contribution in [0.4, 0.5) is 8.78 Å². The topological polar surface area (TPSA) is 0 Å². The lowest BCUT2D eigenvalue weighted by atomic mass is 10.0. The van der Waals surface area contributed by atoms with E-state index in [1.807, 2.05) is 30.3 Å². The number of hydrogen-bond donors (Lipinski definition) is 0. The maximum atomic E-state index is 13.3. The van der Waals surface area contributed by atoms with Crippen LogP contribution in [0.3, 0.4) is 0 Å². The molecule has 0 amide bonds. The minimum Gasteiger partial charge on any atom is -0.207 e. The first-order valence-corrected chi connectivity index (χ1v) is 6.48. The van der Waals surface area contributed by atoms with Crippen LogP contribution in [-0.2, 0) is 0 Å². The molecule has 0 saturated carbocycles. The number of allylic oxidation sites excluding steroid dienone is 1. The summed E-state index contributed by atoms with van der Waals surface area (Å²) in [6.07, 6.45) is 1.96. The van der Waals surface area contributed by atoms with Crippen LogP contribution in [0.2, 0.25) is 0 Å². The lowest BCUT2D eigenvalue weighted by molar-refractivity contribution is 0.582. The van der Waals surface area contributed by atoms with Crippen molar-refractivity contribution in [1.29, 1.82) is 0 Å². The molecule has 0 nitrogen and oxygen atoms in total. The molecule has 0 spiro atoms. The average Bonchev–Trinajstić information content (AvgIpc) is 2.66. The van der Waals surface area contributed by atoms with Gasteiger partial charge in [0.2, 0.25) is 0 Å². The molecule has 1 aliphatic rings. The summed E-state index contributed by atoms with van der Waals surface area (Å²) in [5.41, 5.74) is 3.66. The summed E-state index contributed by atoms with van der Waals surface area (Å²) in [6.45, 7) is 0. The molecule has 3 heteroatoms. The normalized spacial score (nSPS) is 17.5. The average molecular weight is 307 g/mol. The summed E-state index contributed by atoms with van der Waals surface area (Å²) in [4.78, 5) is -0.0186. The fraction of sp³-hybridized carbons (Fsp3) is 0.0667. The molecule has 0 aliphatic heterocycles. The number of halogens is 3. The third-order valence-corrected chi connectivity index (χ3v) is 4.04. The van der Waals surface area contributed by atoms with Crippen LogP contribution in [0.15, 0.2) is 42.5 Å². The van der Waals surface area contributed by atoms with Crippen LogP contribution < -0.4 is 0 Å². The third kappa shape index (κ3) is 1.89. The molecule has 0 heterocycles. The van der Waals surface area contributed by atoms with Gasteiger partial charge in [0.15, 0.2) is 0 Å². The van der Waals surface area contributed by atoms with Gasteiger partial charge in [-0.2, -0.15) is 0 Å². The lowest BCUT2D eigenvalue weighted by Gasteiger charge is -2.10. The van der Waals surface area contributed by atoms with Gasteiger partial charge in [0.1, 0.15) is 11.6 Å². The maximum Gasteiger partial charge on any atom is 0.126 e. The second-order valence-electron chi connectivity index (χ2n) is 4.25. The Bertz CT molecular complexity index is 626. The second-order valence-corrected chi connectivity index (χ2v) is 5.16. The maximum absolute atomic E-state index is 13.3. The Balaban J connectivity index is 2.10. The molecule has 18 heavy (non-hydrogen) atoms. The molecule has 0 aromatic heterocycles. The largest absolute Gasteiger partial charge is 0.207 e. The van der Waals surface area contributed by atoms with E-state index in [1.54, 1.807) is 0 Å². The number of benzene rings is 2. The highest BCUT2D eigenvalue weighted by molar-refractivity contribution is 9.09. The first-order chi connectivity index (χ1) is 8.65. The molecule has 1 aliphatic carbocycles. The van der Waals surface area contributed by atoms with E-state index in [0.29, 0.717) is 5.56 Å². The van der Waals surface area contributed by atoms with Gasteiger partial charge in [-0.1, -0.05) is 40.2 Å². The van der Waals surface area contributed by atoms with Crippen molar-refractivity contribution in [3.8, 4) is 0 Å². The summed E-state index contributed by atoms with van der Waals surface area (Å²) in [6, 6.07) is 11.5.